The fourth-order valence-corrected chi connectivity index (χ4v) is 5.87. The van der Waals surface area contributed by atoms with E-state index in [1.54, 1.807) is 9.80 Å². The van der Waals surface area contributed by atoms with Crippen LogP contribution in [0.4, 0.5) is 16.2 Å². The van der Waals surface area contributed by atoms with Crippen LogP contribution in [0.2, 0.25) is 0 Å². The zero-order valence-corrected chi connectivity index (χ0v) is 16.0. The molecule has 2 atom stereocenters. The lowest BCUT2D eigenvalue weighted by Gasteiger charge is -2.23. The maximum atomic E-state index is 13.2. The number of urea groups is 1. The van der Waals surface area contributed by atoms with Gasteiger partial charge in [-0.1, -0.05) is 28.1 Å². The Morgan fingerprint density at radius 2 is 1.56 bits per heavy atom. The number of sulfone groups is 1. The second-order valence-electron chi connectivity index (χ2n) is 6.55. The summed E-state index contributed by atoms with van der Waals surface area (Å²) in [6.07, 6.45) is 0. The number of hydrogen-bond acceptors (Lipinski definition) is 3. The van der Waals surface area contributed by atoms with Gasteiger partial charge in [0.1, 0.15) is 0 Å². The molecule has 130 valence electrons. The van der Waals surface area contributed by atoms with Gasteiger partial charge in [0, 0.05) is 15.8 Å². The molecule has 7 heteroatoms. The van der Waals surface area contributed by atoms with Crippen molar-refractivity contribution >= 4 is 43.2 Å². The lowest BCUT2D eigenvalue weighted by atomic mass is 10.1. The van der Waals surface area contributed by atoms with E-state index in [-0.39, 0.29) is 29.6 Å². The maximum Gasteiger partial charge on any atom is 0.329 e. The number of rotatable bonds is 2. The number of hydrogen-bond donors (Lipinski definition) is 0. The van der Waals surface area contributed by atoms with Crippen LogP contribution in [0.15, 0.2) is 53.0 Å². The van der Waals surface area contributed by atoms with Crippen LogP contribution < -0.4 is 9.80 Å². The number of nitrogens with zero attached hydrogens (tertiary/aromatic N) is 2. The zero-order chi connectivity index (χ0) is 17.8. The number of amides is 2. The fraction of sp³-hybridized carbons (Fsp3) is 0.278. The van der Waals surface area contributed by atoms with Crippen LogP contribution in [0.25, 0.3) is 0 Å². The molecule has 4 rings (SSSR count). The standard InChI is InChI=1S/C18H17BrN2O3S/c1-12-3-2-4-15(9-12)21-17-11-25(23,24)10-16(17)20(18(21)22)14-7-5-13(19)6-8-14/h2-9,16-17H,10-11H2,1H3/t16-,17+/m0/s1. The number of carbonyl (C=O) groups excluding carboxylic acids is 1. The van der Waals surface area contributed by atoms with E-state index in [1.165, 1.54) is 0 Å². The van der Waals surface area contributed by atoms with Crippen molar-refractivity contribution in [2.45, 2.75) is 19.0 Å². The molecule has 2 aliphatic rings. The van der Waals surface area contributed by atoms with Crippen molar-refractivity contribution in [2.24, 2.45) is 0 Å². The van der Waals surface area contributed by atoms with Crippen molar-refractivity contribution in [2.75, 3.05) is 21.3 Å². The van der Waals surface area contributed by atoms with Gasteiger partial charge in [-0.3, -0.25) is 9.80 Å². The van der Waals surface area contributed by atoms with Crippen LogP contribution in [0.3, 0.4) is 0 Å². The molecule has 0 radical (unpaired) electrons. The smallest absolute Gasteiger partial charge is 0.288 e. The molecule has 25 heavy (non-hydrogen) atoms. The van der Waals surface area contributed by atoms with E-state index in [0.717, 1.165) is 21.4 Å². The normalized spacial score (nSPS) is 24.6. The van der Waals surface area contributed by atoms with E-state index in [1.807, 2.05) is 55.5 Å². The summed E-state index contributed by atoms with van der Waals surface area (Å²) in [4.78, 5) is 16.4. The van der Waals surface area contributed by atoms with Gasteiger partial charge in [0.05, 0.1) is 23.6 Å². The molecule has 0 saturated carbocycles. The van der Waals surface area contributed by atoms with Crippen molar-refractivity contribution in [1.82, 2.24) is 0 Å². The lowest BCUT2D eigenvalue weighted by molar-refractivity contribution is 0.255. The molecular formula is C18H17BrN2O3S. The van der Waals surface area contributed by atoms with E-state index in [0.29, 0.717) is 0 Å². The third-order valence-corrected chi connectivity index (χ3v) is 6.98. The predicted molar refractivity (Wildman–Crippen MR) is 102 cm³/mol. The molecule has 2 aliphatic heterocycles. The molecule has 2 saturated heterocycles. The van der Waals surface area contributed by atoms with Gasteiger partial charge in [-0.15, -0.1) is 0 Å². The quantitative estimate of drug-likeness (QED) is 0.699. The number of anilines is 2. The SMILES string of the molecule is Cc1cccc(N2C(=O)N(c3ccc(Br)cc3)[C@H]3CS(=O)(=O)C[C@H]32)c1. The minimum Gasteiger partial charge on any atom is -0.288 e. The first kappa shape index (κ1) is 16.6. The summed E-state index contributed by atoms with van der Waals surface area (Å²) in [5, 5.41) is 0. The molecular weight excluding hydrogens is 404 g/mol. The van der Waals surface area contributed by atoms with Gasteiger partial charge in [-0.25, -0.2) is 13.2 Å². The molecule has 2 fully saturated rings. The highest BCUT2D eigenvalue weighted by atomic mass is 79.9. The van der Waals surface area contributed by atoms with E-state index >= 15 is 0 Å². The van der Waals surface area contributed by atoms with Gasteiger partial charge in [0.25, 0.3) is 0 Å². The second kappa shape index (κ2) is 5.85. The van der Waals surface area contributed by atoms with Crippen LogP contribution in [-0.4, -0.2) is 38.0 Å². The summed E-state index contributed by atoms with van der Waals surface area (Å²) in [5.74, 6) is 0.00611. The molecule has 2 aromatic rings. The van der Waals surface area contributed by atoms with Crippen molar-refractivity contribution in [3.05, 3.63) is 58.6 Å². The van der Waals surface area contributed by atoms with Gasteiger partial charge in [0.15, 0.2) is 9.84 Å². The van der Waals surface area contributed by atoms with Crippen LogP contribution in [0, 0.1) is 6.92 Å². The minimum atomic E-state index is -3.17. The average Bonchev–Trinajstić information content (AvgIpc) is 2.97. The summed E-state index contributed by atoms with van der Waals surface area (Å²) in [6.45, 7) is 1.96. The van der Waals surface area contributed by atoms with E-state index < -0.39 is 9.84 Å². The van der Waals surface area contributed by atoms with E-state index in [4.69, 9.17) is 0 Å². The highest BCUT2D eigenvalue weighted by Crippen LogP contribution is 2.38. The predicted octanol–water partition coefficient (Wildman–Crippen LogP) is 3.37. The Morgan fingerprint density at radius 3 is 2.16 bits per heavy atom. The van der Waals surface area contributed by atoms with Crippen molar-refractivity contribution in [1.29, 1.82) is 0 Å². The van der Waals surface area contributed by atoms with Gasteiger partial charge in [0.2, 0.25) is 0 Å². The molecule has 5 nitrogen and oxygen atoms in total. The number of halogens is 1. The number of aryl methyl sites for hydroxylation is 1. The van der Waals surface area contributed by atoms with Crippen LogP contribution >= 0.6 is 15.9 Å². The first-order valence-electron chi connectivity index (χ1n) is 8.01. The summed E-state index contributed by atoms with van der Waals surface area (Å²) < 4.78 is 25.4. The van der Waals surface area contributed by atoms with Crippen LogP contribution in [0.1, 0.15) is 5.56 Å². The van der Waals surface area contributed by atoms with Crippen molar-refractivity contribution in [3.63, 3.8) is 0 Å². The van der Waals surface area contributed by atoms with Crippen molar-refractivity contribution < 1.29 is 13.2 Å². The monoisotopic (exact) mass is 420 g/mol. The van der Waals surface area contributed by atoms with Gasteiger partial charge in [-0.2, -0.15) is 0 Å². The second-order valence-corrected chi connectivity index (χ2v) is 9.62. The van der Waals surface area contributed by atoms with Gasteiger partial charge < -0.3 is 0 Å². The highest BCUT2D eigenvalue weighted by molar-refractivity contribution is 9.10. The highest BCUT2D eigenvalue weighted by Gasteiger charge is 2.54. The summed E-state index contributed by atoms with van der Waals surface area (Å²) in [7, 11) is -3.17. The Kier molecular flexibility index (Phi) is 3.88. The lowest BCUT2D eigenvalue weighted by Crippen LogP contribution is -2.37. The summed E-state index contributed by atoms with van der Waals surface area (Å²) >= 11 is 3.39. The Labute approximate surface area is 155 Å². The third kappa shape index (κ3) is 2.85. The molecule has 2 heterocycles. The van der Waals surface area contributed by atoms with E-state index in [2.05, 4.69) is 15.9 Å². The van der Waals surface area contributed by atoms with E-state index in [9.17, 15) is 13.2 Å². The molecule has 2 aromatic carbocycles. The molecule has 0 spiro atoms. The number of benzene rings is 2. The topological polar surface area (TPSA) is 57.7 Å². The molecule has 0 aromatic heterocycles. The van der Waals surface area contributed by atoms with Crippen molar-refractivity contribution in [3.8, 4) is 0 Å². The first-order chi connectivity index (χ1) is 11.9. The summed E-state index contributed by atoms with van der Waals surface area (Å²) in [5.41, 5.74) is 2.50. The molecule has 0 unspecified atom stereocenters. The first-order valence-corrected chi connectivity index (χ1v) is 10.6. The molecule has 0 aliphatic carbocycles. The zero-order valence-electron chi connectivity index (χ0n) is 13.6. The van der Waals surface area contributed by atoms with Gasteiger partial charge in [-0.05, 0) is 48.9 Å². The fourth-order valence-electron chi connectivity index (χ4n) is 3.69. The Hall–Kier alpha value is -1.86. The largest absolute Gasteiger partial charge is 0.329 e. The minimum absolute atomic E-state index is 0.00177. The molecule has 0 bridgehead atoms. The Morgan fingerprint density at radius 1 is 0.960 bits per heavy atom. The van der Waals surface area contributed by atoms with Gasteiger partial charge >= 0.3 is 6.03 Å². The average molecular weight is 421 g/mol. The molecule has 0 N–H and O–H groups in total. The number of carbonyl (C=O) groups is 1. The Balaban J connectivity index is 1.81. The van der Waals surface area contributed by atoms with Crippen LogP contribution in [-0.2, 0) is 9.84 Å². The summed E-state index contributed by atoms with van der Waals surface area (Å²) in [6, 6.07) is 14.1. The maximum absolute atomic E-state index is 13.2. The molecule has 2 amide bonds. The third-order valence-electron chi connectivity index (χ3n) is 4.75. The number of fused-ring (bicyclic) bond motifs is 1. The van der Waals surface area contributed by atoms with Crippen LogP contribution in [0.5, 0.6) is 0 Å². The Bertz CT molecular complexity index is 943.